The summed E-state index contributed by atoms with van der Waals surface area (Å²) in [5.41, 5.74) is 5.84. The Morgan fingerprint density at radius 3 is 2.50 bits per heavy atom. The average molecular weight is 253 g/mol. The van der Waals surface area contributed by atoms with Gasteiger partial charge in [-0.05, 0) is 45.6 Å². The number of carbonyl (C=O) groups excluding carboxylic acids is 1. The molecule has 2 N–H and O–H groups in total. The lowest BCUT2D eigenvalue weighted by molar-refractivity contribution is -0.138. The van der Waals surface area contributed by atoms with Gasteiger partial charge < -0.3 is 10.6 Å². The smallest absolute Gasteiger partial charge is 0.239 e. The normalized spacial score (nSPS) is 28.1. The molecule has 2 saturated heterocycles. The van der Waals surface area contributed by atoms with E-state index in [4.69, 9.17) is 5.73 Å². The predicted octanol–water partition coefficient (Wildman–Crippen LogP) is 1.20. The Balaban J connectivity index is 1.95. The van der Waals surface area contributed by atoms with Crippen molar-refractivity contribution in [3.8, 4) is 0 Å². The van der Waals surface area contributed by atoms with Gasteiger partial charge in [-0.3, -0.25) is 9.69 Å². The maximum Gasteiger partial charge on any atom is 0.239 e. The van der Waals surface area contributed by atoms with Crippen molar-refractivity contribution in [1.82, 2.24) is 9.80 Å². The van der Waals surface area contributed by atoms with Crippen LogP contribution in [0.1, 0.15) is 45.4 Å². The van der Waals surface area contributed by atoms with Crippen LogP contribution in [0, 0.1) is 0 Å². The highest BCUT2D eigenvalue weighted by Crippen LogP contribution is 2.21. The predicted molar refractivity (Wildman–Crippen MR) is 73.3 cm³/mol. The van der Waals surface area contributed by atoms with Gasteiger partial charge in [0.2, 0.25) is 5.91 Å². The zero-order valence-corrected chi connectivity index (χ0v) is 11.6. The summed E-state index contributed by atoms with van der Waals surface area (Å²) in [5.74, 6) is 0.315. The van der Waals surface area contributed by atoms with Crippen molar-refractivity contribution >= 4 is 5.91 Å². The van der Waals surface area contributed by atoms with Crippen LogP contribution in [-0.2, 0) is 4.79 Å². The van der Waals surface area contributed by atoms with E-state index in [1.807, 2.05) is 0 Å². The van der Waals surface area contributed by atoms with Gasteiger partial charge in [0.25, 0.3) is 0 Å². The fraction of sp³-hybridized carbons (Fsp3) is 0.929. The van der Waals surface area contributed by atoms with Crippen molar-refractivity contribution in [1.29, 1.82) is 0 Å². The van der Waals surface area contributed by atoms with Crippen molar-refractivity contribution in [3.05, 3.63) is 0 Å². The van der Waals surface area contributed by atoms with Crippen molar-refractivity contribution in [2.45, 2.75) is 57.5 Å². The molecule has 0 aliphatic carbocycles. The van der Waals surface area contributed by atoms with Gasteiger partial charge in [0, 0.05) is 25.7 Å². The van der Waals surface area contributed by atoms with Gasteiger partial charge in [-0.25, -0.2) is 0 Å². The van der Waals surface area contributed by atoms with Crippen molar-refractivity contribution in [3.63, 3.8) is 0 Å². The lowest BCUT2D eigenvalue weighted by atomic mass is 9.99. The van der Waals surface area contributed by atoms with E-state index in [1.165, 1.54) is 32.1 Å². The van der Waals surface area contributed by atoms with E-state index >= 15 is 0 Å². The highest BCUT2D eigenvalue weighted by molar-refractivity contribution is 5.81. The zero-order chi connectivity index (χ0) is 13.0. The van der Waals surface area contributed by atoms with Gasteiger partial charge in [0.15, 0.2) is 0 Å². The summed E-state index contributed by atoms with van der Waals surface area (Å²) in [6, 6.07) is 0.416. The molecule has 18 heavy (non-hydrogen) atoms. The highest BCUT2D eigenvalue weighted by atomic mass is 16.2. The van der Waals surface area contributed by atoms with Crippen LogP contribution in [-0.4, -0.2) is 54.0 Å². The first-order valence-electron chi connectivity index (χ1n) is 7.48. The molecule has 4 nitrogen and oxygen atoms in total. The molecule has 0 aromatic carbocycles. The first kappa shape index (κ1) is 13.8. The van der Waals surface area contributed by atoms with E-state index in [-0.39, 0.29) is 6.04 Å². The summed E-state index contributed by atoms with van der Waals surface area (Å²) < 4.78 is 0. The second-order valence-electron chi connectivity index (χ2n) is 5.69. The maximum atomic E-state index is 12.5. The van der Waals surface area contributed by atoms with Crippen LogP contribution < -0.4 is 5.73 Å². The first-order valence-corrected chi connectivity index (χ1v) is 7.48. The van der Waals surface area contributed by atoms with E-state index in [2.05, 4.69) is 16.7 Å². The minimum Gasteiger partial charge on any atom is -0.341 e. The van der Waals surface area contributed by atoms with Crippen LogP contribution in [0.15, 0.2) is 0 Å². The fourth-order valence-corrected chi connectivity index (χ4v) is 3.31. The van der Waals surface area contributed by atoms with Gasteiger partial charge in [-0.1, -0.05) is 6.42 Å². The molecule has 2 heterocycles. The Labute approximate surface area is 110 Å². The second-order valence-corrected chi connectivity index (χ2v) is 5.69. The molecule has 1 amide bonds. The summed E-state index contributed by atoms with van der Waals surface area (Å²) in [7, 11) is 0. The summed E-state index contributed by atoms with van der Waals surface area (Å²) in [6.07, 6.45) is 7.20. The van der Waals surface area contributed by atoms with Gasteiger partial charge in [0.05, 0.1) is 6.04 Å². The van der Waals surface area contributed by atoms with E-state index in [1.54, 1.807) is 0 Å². The van der Waals surface area contributed by atoms with Crippen LogP contribution in [0.4, 0.5) is 0 Å². The number of hydrogen-bond donors (Lipinski definition) is 1. The Kier molecular flexibility index (Phi) is 5.01. The summed E-state index contributed by atoms with van der Waals surface area (Å²) in [5, 5.41) is 0. The number of piperidine rings is 2. The van der Waals surface area contributed by atoms with E-state index in [9.17, 15) is 4.79 Å². The first-order chi connectivity index (χ1) is 8.74. The van der Waals surface area contributed by atoms with E-state index in [0.717, 1.165) is 26.1 Å². The molecule has 104 valence electrons. The molecule has 4 heteroatoms. The molecule has 0 bridgehead atoms. The monoisotopic (exact) mass is 253 g/mol. The third kappa shape index (κ3) is 3.04. The number of carbonyl (C=O) groups is 1. The van der Waals surface area contributed by atoms with Crippen molar-refractivity contribution in [2.24, 2.45) is 5.73 Å². The molecule has 0 spiro atoms. The number of likely N-dealkylation sites (tertiary alicyclic amines) is 2. The van der Waals surface area contributed by atoms with Gasteiger partial charge in [-0.15, -0.1) is 0 Å². The molecular weight excluding hydrogens is 226 g/mol. The topological polar surface area (TPSA) is 49.6 Å². The van der Waals surface area contributed by atoms with Crippen molar-refractivity contribution in [2.75, 3.05) is 26.2 Å². The van der Waals surface area contributed by atoms with Crippen LogP contribution in [0.25, 0.3) is 0 Å². The van der Waals surface area contributed by atoms with Gasteiger partial charge in [-0.2, -0.15) is 0 Å². The Hall–Kier alpha value is -0.610. The lowest BCUT2D eigenvalue weighted by Crippen LogP contribution is -2.55. The lowest BCUT2D eigenvalue weighted by Gasteiger charge is -2.41. The molecular formula is C14H27N3O. The molecule has 2 fully saturated rings. The Morgan fingerprint density at radius 1 is 1.17 bits per heavy atom. The SMILES string of the molecule is CC(C(=O)N1CCCCC1)N1CCCCC1CN. The fourth-order valence-electron chi connectivity index (χ4n) is 3.31. The summed E-state index contributed by atoms with van der Waals surface area (Å²) in [6.45, 7) is 5.67. The molecule has 0 radical (unpaired) electrons. The van der Waals surface area contributed by atoms with E-state index < -0.39 is 0 Å². The molecule has 2 unspecified atom stereocenters. The molecule has 0 aromatic heterocycles. The molecule has 2 aliphatic rings. The van der Waals surface area contributed by atoms with Crippen LogP contribution in [0.5, 0.6) is 0 Å². The largest absolute Gasteiger partial charge is 0.341 e. The number of rotatable bonds is 3. The quantitative estimate of drug-likeness (QED) is 0.822. The minimum atomic E-state index is 0.0111. The average Bonchev–Trinajstić information content (AvgIpc) is 2.46. The van der Waals surface area contributed by atoms with Crippen LogP contribution in [0.2, 0.25) is 0 Å². The Morgan fingerprint density at radius 2 is 1.83 bits per heavy atom. The molecule has 2 atom stereocenters. The highest BCUT2D eigenvalue weighted by Gasteiger charge is 2.32. The molecule has 0 aromatic rings. The van der Waals surface area contributed by atoms with E-state index in [0.29, 0.717) is 18.5 Å². The number of hydrogen-bond acceptors (Lipinski definition) is 3. The third-order valence-corrected chi connectivity index (χ3v) is 4.47. The van der Waals surface area contributed by atoms with Crippen molar-refractivity contribution < 1.29 is 4.79 Å². The second kappa shape index (κ2) is 6.53. The molecule has 2 aliphatic heterocycles. The Bertz CT molecular complexity index is 276. The maximum absolute atomic E-state index is 12.5. The van der Waals surface area contributed by atoms with Gasteiger partial charge in [0.1, 0.15) is 0 Å². The third-order valence-electron chi connectivity index (χ3n) is 4.47. The number of nitrogens with zero attached hydrogens (tertiary/aromatic N) is 2. The summed E-state index contributed by atoms with van der Waals surface area (Å²) in [4.78, 5) is 16.9. The molecule has 2 rings (SSSR count). The number of amides is 1. The summed E-state index contributed by atoms with van der Waals surface area (Å²) >= 11 is 0. The zero-order valence-electron chi connectivity index (χ0n) is 11.6. The minimum absolute atomic E-state index is 0.0111. The standard InChI is InChI=1S/C14H27N3O/c1-12(14(18)16-8-4-2-5-9-16)17-10-6-3-7-13(17)11-15/h12-13H,2-11,15H2,1H3. The van der Waals surface area contributed by atoms with Crippen LogP contribution in [0.3, 0.4) is 0 Å². The van der Waals surface area contributed by atoms with Gasteiger partial charge >= 0.3 is 0 Å². The molecule has 0 saturated carbocycles. The van der Waals surface area contributed by atoms with Crippen LogP contribution >= 0.6 is 0 Å². The number of nitrogens with two attached hydrogens (primary N) is 1.